The van der Waals surface area contributed by atoms with Crippen LogP contribution in [0.4, 0.5) is 0 Å². The van der Waals surface area contributed by atoms with Gasteiger partial charge in [-0.2, -0.15) is 0 Å². The van der Waals surface area contributed by atoms with E-state index in [2.05, 4.69) is 43.0 Å². The summed E-state index contributed by atoms with van der Waals surface area (Å²) in [6, 6.07) is 30.7. The molecule has 178 valence electrons. The molecule has 0 aromatic heterocycles. The SMILES string of the molecule is C=CC[C@H]1C[C@@H](OCc2ccccc2)[C@H](OCc2ccccc2)[C@@H](COCc2ccccc2)O1. The Morgan fingerprint density at radius 2 is 1.26 bits per heavy atom. The minimum absolute atomic E-state index is 0.0279. The fraction of sp³-hybridized carbons (Fsp3) is 0.333. The van der Waals surface area contributed by atoms with Crippen molar-refractivity contribution < 1.29 is 18.9 Å². The summed E-state index contributed by atoms with van der Waals surface area (Å²) in [4.78, 5) is 0. The van der Waals surface area contributed by atoms with Crippen molar-refractivity contribution in [2.24, 2.45) is 0 Å². The van der Waals surface area contributed by atoms with Crippen LogP contribution in [0.3, 0.4) is 0 Å². The second-order valence-electron chi connectivity index (χ2n) is 8.65. The van der Waals surface area contributed by atoms with Crippen molar-refractivity contribution in [3.05, 3.63) is 120 Å². The summed E-state index contributed by atoms with van der Waals surface area (Å²) in [6.45, 7) is 5.92. The molecule has 0 saturated carbocycles. The maximum absolute atomic E-state index is 6.46. The first-order valence-electron chi connectivity index (χ1n) is 12.0. The van der Waals surface area contributed by atoms with Crippen molar-refractivity contribution in [3.63, 3.8) is 0 Å². The van der Waals surface area contributed by atoms with E-state index in [9.17, 15) is 0 Å². The normalized spacial score (nSPS) is 22.4. The summed E-state index contributed by atoms with van der Waals surface area (Å²) in [5.74, 6) is 0. The first-order valence-corrected chi connectivity index (χ1v) is 12.0. The number of hydrogen-bond donors (Lipinski definition) is 0. The highest BCUT2D eigenvalue weighted by Crippen LogP contribution is 2.29. The lowest BCUT2D eigenvalue weighted by molar-refractivity contribution is -0.219. The number of rotatable bonds is 12. The summed E-state index contributed by atoms with van der Waals surface area (Å²) in [5, 5.41) is 0. The van der Waals surface area contributed by atoms with Crippen LogP contribution in [0, 0.1) is 0 Å². The molecule has 1 saturated heterocycles. The molecule has 0 N–H and O–H groups in total. The minimum Gasteiger partial charge on any atom is -0.374 e. The number of ether oxygens (including phenoxy) is 4. The highest BCUT2D eigenvalue weighted by atomic mass is 16.6. The molecule has 0 radical (unpaired) electrons. The van der Waals surface area contributed by atoms with Gasteiger partial charge in [0.15, 0.2) is 0 Å². The standard InChI is InChI=1S/C30H34O4/c1-2-12-27-19-28(32-21-25-15-8-4-9-16-25)30(33-22-26-17-10-5-11-18-26)29(34-27)23-31-20-24-13-6-3-7-14-24/h2-11,13-18,27-30H,1,12,19-23H2/t27-,28+,29+,30-/m0/s1. The van der Waals surface area contributed by atoms with Gasteiger partial charge in [0.05, 0.1) is 38.6 Å². The number of benzene rings is 3. The van der Waals surface area contributed by atoms with Crippen molar-refractivity contribution in [2.75, 3.05) is 6.61 Å². The Kier molecular flexibility index (Phi) is 9.47. The van der Waals surface area contributed by atoms with Crippen LogP contribution in [0.15, 0.2) is 104 Å². The van der Waals surface area contributed by atoms with Gasteiger partial charge in [-0.05, 0) is 23.1 Å². The zero-order chi connectivity index (χ0) is 23.4. The highest BCUT2D eigenvalue weighted by molar-refractivity contribution is 5.15. The van der Waals surface area contributed by atoms with Crippen molar-refractivity contribution in [1.29, 1.82) is 0 Å². The number of hydrogen-bond acceptors (Lipinski definition) is 4. The molecule has 0 unspecified atom stereocenters. The van der Waals surface area contributed by atoms with Crippen LogP contribution < -0.4 is 0 Å². The molecule has 4 nitrogen and oxygen atoms in total. The summed E-state index contributed by atoms with van der Waals surface area (Å²) in [7, 11) is 0. The van der Waals surface area contributed by atoms with Crippen molar-refractivity contribution in [3.8, 4) is 0 Å². The first-order chi connectivity index (χ1) is 16.8. The third-order valence-corrected chi connectivity index (χ3v) is 6.01. The minimum atomic E-state index is -0.235. The molecule has 34 heavy (non-hydrogen) atoms. The van der Waals surface area contributed by atoms with Crippen LogP contribution in [-0.4, -0.2) is 31.0 Å². The first kappa shape index (κ1) is 24.4. The Morgan fingerprint density at radius 3 is 1.82 bits per heavy atom. The van der Waals surface area contributed by atoms with E-state index in [1.807, 2.05) is 60.7 Å². The molecule has 4 atom stereocenters. The fourth-order valence-corrected chi connectivity index (χ4v) is 4.27. The van der Waals surface area contributed by atoms with Crippen LogP contribution in [-0.2, 0) is 38.8 Å². The Hall–Kier alpha value is -2.76. The second-order valence-corrected chi connectivity index (χ2v) is 8.65. The van der Waals surface area contributed by atoms with Crippen LogP contribution in [0.1, 0.15) is 29.5 Å². The van der Waals surface area contributed by atoms with E-state index in [0.29, 0.717) is 26.4 Å². The molecular formula is C30H34O4. The lowest BCUT2D eigenvalue weighted by atomic mass is 9.95. The van der Waals surface area contributed by atoms with Crippen LogP contribution in [0.2, 0.25) is 0 Å². The monoisotopic (exact) mass is 458 g/mol. The molecule has 3 aromatic carbocycles. The molecular weight excluding hydrogens is 424 g/mol. The fourth-order valence-electron chi connectivity index (χ4n) is 4.27. The van der Waals surface area contributed by atoms with Gasteiger partial charge in [-0.3, -0.25) is 0 Å². The van der Waals surface area contributed by atoms with Crippen molar-refractivity contribution >= 4 is 0 Å². The van der Waals surface area contributed by atoms with Crippen LogP contribution in [0.5, 0.6) is 0 Å². The molecule has 1 aliphatic heterocycles. The van der Waals surface area contributed by atoms with Gasteiger partial charge >= 0.3 is 0 Å². The maximum atomic E-state index is 6.46. The maximum Gasteiger partial charge on any atom is 0.113 e. The predicted molar refractivity (Wildman–Crippen MR) is 134 cm³/mol. The van der Waals surface area contributed by atoms with Gasteiger partial charge in [0.25, 0.3) is 0 Å². The van der Waals surface area contributed by atoms with E-state index in [4.69, 9.17) is 18.9 Å². The topological polar surface area (TPSA) is 36.9 Å². The lowest BCUT2D eigenvalue weighted by Gasteiger charge is -2.41. The average molecular weight is 459 g/mol. The molecule has 0 bridgehead atoms. The molecule has 1 fully saturated rings. The Morgan fingerprint density at radius 1 is 0.735 bits per heavy atom. The van der Waals surface area contributed by atoms with Crippen LogP contribution >= 0.6 is 0 Å². The molecule has 0 amide bonds. The smallest absolute Gasteiger partial charge is 0.113 e. The Bertz CT molecular complexity index is 961. The van der Waals surface area contributed by atoms with E-state index < -0.39 is 0 Å². The molecule has 4 rings (SSSR count). The van der Waals surface area contributed by atoms with E-state index in [-0.39, 0.29) is 24.4 Å². The zero-order valence-electron chi connectivity index (χ0n) is 19.6. The molecule has 4 heteroatoms. The molecule has 0 aliphatic carbocycles. The summed E-state index contributed by atoms with van der Waals surface area (Å²) in [5.41, 5.74) is 3.41. The van der Waals surface area contributed by atoms with E-state index in [0.717, 1.165) is 29.5 Å². The van der Waals surface area contributed by atoms with Crippen molar-refractivity contribution in [2.45, 2.75) is 57.1 Å². The summed E-state index contributed by atoms with van der Waals surface area (Å²) in [6.07, 6.45) is 2.89. The van der Waals surface area contributed by atoms with Gasteiger partial charge in [-0.25, -0.2) is 0 Å². The van der Waals surface area contributed by atoms with Gasteiger partial charge in [0.2, 0.25) is 0 Å². The van der Waals surface area contributed by atoms with Crippen molar-refractivity contribution in [1.82, 2.24) is 0 Å². The quantitative estimate of drug-likeness (QED) is 0.307. The van der Waals surface area contributed by atoms with Gasteiger partial charge in [-0.1, -0.05) is 97.1 Å². The third kappa shape index (κ3) is 7.37. The van der Waals surface area contributed by atoms with Gasteiger partial charge < -0.3 is 18.9 Å². The predicted octanol–water partition coefficient (Wildman–Crippen LogP) is 6.11. The zero-order valence-corrected chi connectivity index (χ0v) is 19.6. The molecule has 1 heterocycles. The van der Waals surface area contributed by atoms with E-state index >= 15 is 0 Å². The summed E-state index contributed by atoms with van der Waals surface area (Å²) < 4.78 is 25.4. The molecule has 0 spiro atoms. The summed E-state index contributed by atoms with van der Waals surface area (Å²) >= 11 is 0. The third-order valence-electron chi connectivity index (χ3n) is 6.01. The Balaban J connectivity index is 1.46. The molecule has 1 aliphatic rings. The van der Waals surface area contributed by atoms with Gasteiger partial charge in [0, 0.05) is 6.42 Å². The van der Waals surface area contributed by atoms with E-state index in [1.165, 1.54) is 0 Å². The largest absolute Gasteiger partial charge is 0.374 e. The highest BCUT2D eigenvalue weighted by Gasteiger charge is 2.40. The average Bonchev–Trinajstić information content (AvgIpc) is 2.89. The Labute approximate surface area is 203 Å². The van der Waals surface area contributed by atoms with E-state index in [1.54, 1.807) is 0 Å². The lowest BCUT2D eigenvalue weighted by Crippen LogP contribution is -2.52. The van der Waals surface area contributed by atoms with Gasteiger partial charge in [0.1, 0.15) is 12.2 Å². The second kappa shape index (κ2) is 13.2. The van der Waals surface area contributed by atoms with Gasteiger partial charge in [-0.15, -0.1) is 6.58 Å². The van der Waals surface area contributed by atoms with Crippen LogP contribution in [0.25, 0.3) is 0 Å². The molecule has 3 aromatic rings.